The molecule has 0 saturated carbocycles. The third-order valence-electron chi connectivity index (χ3n) is 12.1. The molecule has 2 nitrogen and oxygen atoms in total. The number of allylic oxidation sites excluding steroid dienone is 2. The maximum absolute atomic E-state index is 4.43. The molecule has 12 rings (SSSR count). The van der Waals surface area contributed by atoms with Gasteiger partial charge in [0.05, 0.1) is 16.6 Å². The molecule has 278 valence electrons. The Labute approximate surface area is 349 Å². The first-order valence-corrected chi connectivity index (χ1v) is 21.7. The standard InChI is InChI=1S/C55H36N2S2/c1-3-35(39-22-15-23-44-40-18-7-12-25-50(40)57(54(39)44)37-16-5-4-6-17-37)30-45-34(2)56(49-24-11-8-19-41(45)49)38-32-46(55-48(33-38)43-21-10-14-27-52(43)59-55)36-28-29-53-47(31-36)42-20-9-13-26-51(42)58-53/h3-33H,1H2,2H3/b35-30+. The van der Waals surface area contributed by atoms with Gasteiger partial charge in [-0.15, -0.1) is 22.7 Å². The number of aromatic nitrogens is 2. The van der Waals surface area contributed by atoms with E-state index in [1.165, 1.54) is 95.4 Å². The van der Waals surface area contributed by atoms with Crippen LogP contribution >= 0.6 is 22.7 Å². The van der Waals surface area contributed by atoms with Gasteiger partial charge in [-0.3, -0.25) is 0 Å². The molecule has 4 aromatic heterocycles. The molecule has 59 heavy (non-hydrogen) atoms. The number of hydrogen-bond donors (Lipinski definition) is 0. The van der Waals surface area contributed by atoms with Crippen LogP contribution in [0.2, 0.25) is 0 Å². The van der Waals surface area contributed by atoms with Crippen LogP contribution in [0.1, 0.15) is 16.8 Å². The summed E-state index contributed by atoms with van der Waals surface area (Å²) in [6, 6.07) is 64.5. The smallest absolute Gasteiger partial charge is 0.0619 e. The SMILES string of the molecule is C=C/C(=C\c1c(C)n(-c2cc(-c3ccc4sc5ccccc5c4c3)c3sc4ccccc4c3c2)c2ccccc12)c1cccc2c3ccccc3n(-c3ccccc3)c12. The maximum atomic E-state index is 4.43. The van der Waals surface area contributed by atoms with E-state index in [4.69, 9.17) is 0 Å². The van der Waals surface area contributed by atoms with Crippen molar-refractivity contribution in [2.45, 2.75) is 6.92 Å². The predicted octanol–water partition coefficient (Wildman–Crippen LogP) is 16.2. The molecule has 0 aliphatic rings. The van der Waals surface area contributed by atoms with E-state index in [1.54, 1.807) is 0 Å². The quantitative estimate of drug-likeness (QED) is 0.149. The summed E-state index contributed by atoms with van der Waals surface area (Å²) in [5, 5.41) is 8.89. The van der Waals surface area contributed by atoms with Crippen LogP contribution in [0, 0.1) is 6.92 Å². The van der Waals surface area contributed by atoms with E-state index in [9.17, 15) is 0 Å². The fourth-order valence-corrected chi connectivity index (χ4v) is 11.8. The third kappa shape index (κ3) is 5.17. The van der Waals surface area contributed by atoms with Crippen molar-refractivity contribution in [3.8, 4) is 22.5 Å². The third-order valence-corrected chi connectivity index (χ3v) is 14.5. The van der Waals surface area contributed by atoms with Crippen LogP contribution < -0.4 is 0 Å². The zero-order chi connectivity index (χ0) is 39.2. The van der Waals surface area contributed by atoms with Crippen LogP contribution in [0.3, 0.4) is 0 Å². The fourth-order valence-electron chi connectivity index (χ4n) is 9.46. The number of benzene rings is 8. The van der Waals surface area contributed by atoms with Crippen molar-refractivity contribution in [2.24, 2.45) is 0 Å². The first-order valence-electron chi connectivity index (χ1n) is 20.0. The Morgan fingerprint density at radius 2 is 1.12 bits per heavy atom. The van der Waals surface area contributed by atoms with Crippen molar-refractivity contribution in [1.82, 2.24) is 9.13 Å². The molecule has 0 aliphatic carbocycles. The zero-order valence-electron chi connectivity index (χ0n) is 32.3. The van der Waals surface area contributed by atoms with Crippen molar-refractivity contribution in [3.63, 3.8) is 0 Å². The van der Waals surface area contributed by atoms with Crippen LogP contribution in [0.4, 0.5) is 0 Å². The molecule has 12 aromatic rings. The van der Waals surface area contributed by atoms with E-state index in [1.807, 2.05) is 28.7 Å². The molecule has 4 heteroatoms. The minimum Gasteiger partial charge on any atom is -0.313 e. The summed E-state index contributed by atoms with van der Waals surface area (Å²) in [4.78, 5) is 0. The van der Waals surface area contributed by atoms with E-state index >= 15 is 0 Å². The van der Waals surface area contributed by atoms with Gasteiger partial charge in [0.15, 0.2) is 0 Å². The summed E-state index contributed by atoms with van der Waals surface area (Å²) in [6.07, 6.45) is 4.39. The van der Waals surface area contributed by atoms with Gasteiger partial charge in [-0.1, -0.05) is 128 Å². The number of hydrogen-bond acceptors (Lipinski definition) is 2. The van der Waals surface area contributed by atoms with Gasteiger partial charge < -0.3 is 9.13 Å². The van der Waals surface area contributed by atoms with Gasteiger partial charge in [0, 0.05) is 90.3 Å². The summed E-state index contributed by atoms with van der Waals surface area (Å²) in [7, 11) is 0. The van der Waals surface area contributed by atoms with Crippen molar-refractivity contribution in [2.75, 3.05) is 0 Å². The van der Waals surface area contributed by atoms with Crippen LogP contribution in [0.25, 0.3) is 107 Å². The van der Waals surface area contributed by atoms with Gasteiger partial charge in [0.2, 0.25) is 0 Å². The average Bonchev–Trinajstić information content (AvgIpc) is 4.03. The van der Waals surface area contributed by atoms with Crippen LogP contribution in [-0.2, 0) is 0 Å². The molecule has 0 saturated heterocycles. The predicted molar refractivity (Wildman–Crippen MR) is 258 cm³/mol. The highest BCUT2D eigenvalue weighted by Gasteiger charge is 2.21. The van der Waals surface area contributed by atoms with Crippen LogP contribution in [-0.4, -0.2) is 9.13 Å². The molecule has 4 heterocycles. The summed E-state index contributed by atoms with van der Waals surface area (Å²) in [6.45, 7) is 6.70. The van der Waals surface area contributed by atoms with Gasteiger partial charge in [-0.2, -0.15) is 0 Å². The Morgan fingerprint density at radius 1 is 0.492 bits per heavy atom. The van der Waals surface area contributed by atoms with E-state index in [0.717, 1.165) is 22.5 Å². The van der Waals surface area contributed by atoms with Crippen molar-refractivity contribution >= 4 is 107 Å². The normalized spacial score (nSPS) is 12.3. The van der Waals surface area contributed by atoms with Gasteiger partial charge >= 0.3 is 0 Å². The highest BCUT2D eigenvalue weighted by atomic mass is 32.1. The van der Waals surface area contributed by atoms with Gasteiger partial charge in [-0.05, 0) is 84.8 Å². The topological polar surface area (TPSA) is 9.86 Å². The summed E-state index contributed by atoms with van der Waals surface area (Å²) >= 11 is 3.76. The largest absolute Gasteiger partial charge is 0.313 e. The van der Waals surface area contributed by atoms with Crippen LogP contribution in [0.15, 0.2) is 189 Å². The Bertz CT molecular complexity index is 3700. The molecular formula is C55H36N2S2. The molecular weight excluding hydrogens is 753 g/mol. The molecule has 0 atom stereocenters. The molecule has 8 aromatic carbocycles. The first kappa shape index (κ1) is 34.1. The second-order valence-electron chi connectivity index (χ2n) is 15.3. The summed E-state index contributed by atoms with van der Waals surface area (Å²) < 4.78 is 10.1. The number of nitrogens with zero attached hydrogens (tertiary/aromatic N) is 2. The maximum Gasteiger partial charge on any atom is 0.0619 e. The van der Waals surface area contributed by atoms with Crippen LogP contribution in [0.5, 0.6) is 0 Å². The highest BCUT2D eigenvalue weighted by molar-refractivity contribution is 7.26. The number of para-hydroxylation sites is 4. The van der Waals surface area contributed by atoms with Gasteiger partial charge in [-0.25, -0.2) is 0 Å². The van der Waals surface area contributed by atoms with Crippen molar-refractivity contribution in [1.29, 1.82) is 0 Å². The van der Waals surface area contributed by atoms with Crippen molar-refractivity contribution < 1.29 is 0 Å². The molecule has 0 N–H and O–H groups in total. The molecule has 0 aliphatic heterocycles. The van der Waals surface area contributed by atoms with Gasteiger partial charge in [0.1, 0.15) is 0 Å². The summed E-state index contributed by atoms with van der Waals surface area (Å²) in [5.41, 5.74) is 13.0. The molecule has 0 fully saturated rings. The Hall–Kier alpha value is -6.98. The fraction of sp³-hybridized carbons (Fsp3) is 0.0182. The van der Waals surface area contributed by atoms with Gasteiger partial charge in [0.25, 0.3) is 0 Å². The Kier molecular flexibility index (Phi) is 7.68. The van der Waals surface area contributed by atoms with E-state index in [0.29, 0.717) is 0 Å². The second-order valence-corrected chi connectivity index (χ2v) is 17.5. The Balaban J connectivity index is 1.10. The van der Waals surface area contributed by atoms with Crippen molar-refractivity contribution in [3.05, 3.63) is 205 Å². The monoisotopic (exact) mass is 788 g/mol. The minimum atomic E-state index is 1.08. The highest BCUT2D eigenvalue weighted by Crippen LogP contribution is 2.45. The zero-order valence-corrected chi connectivity index (χ0v) is 33.9. The van der Waals surface area contributed by atoms with E-state index < -0.39 is 0 Å². The Morgan fingerprint density at radius 3 is 1.90 bits per heavy atom. The molecule has 0 unspecified atom stereocenters. The lowest BCUT2D eigenvalue weighted by Gasteiger charge is -2.14. The summed E-state index contributed by atoms with van der Waals surface area (Å²) in [5.74, 6) is 0. The molecule has 0 spiro atoms. The lowest BCUT2D eigenvalue weighted by Crippen LogP contribution is -1.98. The lowest BCUT2D eigenvalue weighted by atomic mass is 9.98. The number of rotatable bonds is 6. The second kappa shape index (κ2) is 13.3. The molecule has 0 radical (unpaired) electrons. The van der Waals surface area contributed by atoms with E-state index in [-0.39, 0.29) is 0 Å². The average molecular weight is 789 g/mol. The number of fused-ring (bicyclic) bond motifs is 10. The molecule has 0 bridgehead atoms. The number of thiophene rings is 2. The minimum absolute atomic E-state index is 1.08. The first-order chi connectivity index (χ1) is 29.1. The lowest BCUT2D eigenvalue weighted by molar-refractivity contribution is 1.05. The molecule has 0 amide bonds. The van der Waals surface area contributed by atoms with E-state index in [2.05, 4.69) is 205 Å².